The van der Waals surface area contributed by atoms with Crippen LogP contribution in [0.15, 0.2) is 59.0 Å². The molecule has 1 aromatic heterocycles. The highest BCUT2D eigenvalue weighted by Crippen LogP contribution is 2.25. The van der Waals surface area contributed by atoms with Gasteiger partial charge in [-0.05, 0) is 36.4 Å². The van der Waals surface area contributed by atoms with E-state index in [2.05, 4.69) is 5.32 Å². The fourth-order valence-electron chi connectivity index (χ4n) is 2.30. The van der Waals surface area contributed by atoms with Crippen LogP contribution in [0.3, 0.4) is 0 Å². The molecule has 1 N–H and O–H groups in total. The molecular formula is C19H12Cl3NO4. The predicted octanol–water partition coefficient (Wildman–Crippen LogP) is 5.97. The Balaban J connectivity index is 1.59. The average Bonchev–Trinajstić information content (AvgIpc) is 3.09. The number of nitrogens with one attached hydrogen (secondary N) is 1. The van der Waals surface area contributed by atoms with E-state index in [-0.39, 0.29) is 22.2 Å². The molecule has 2 aromatic carbocycles. The highest BCUT2D eigenvalue weighted by Gasteiger charge is 2.18. The first-order valence-corrected chi connectivity index (χ1v) is 8.84. The minimum Gasteiger partial charge on any atom is -0.457 e. The molecule has 3 rings (SSSR count). The van der Waals surface area contributed by atoms with Gasteiger partial charge in [-0.3, -0.25) is 10.1 Å². The second kappa shape index (κ2) is 8.48. The largest absolute Gasteiger partial charge is 0.457 e. The van der Waals surface area contributed by atoms with Gasteiger partial charge >= 0.3 is 6.09 Å². The molecule has 0 bridgehead atoms. The number of carbonyl (C=O) groups excluding carboxylic acids is 2. The third-order valence-electron chi connectivity index (χ3n) is 3.52. The Labute approximate surface area is 169 Å². The van der Waals surface area contributed by atoms with Gasteiger partial charge < -0.3 is 9.15 Å². The first-order valence-electron chi connectivity index (χ1n) is 7.71. The van der Waals surface area contributed by atoms with E-state index in [4.69, 9.17) is 44.0 Å². The van der Waals surface area contributed by atoms with Gasteiger partial charge in [-0.25, -0.2) is 4.79 Å². The van der Waals surface area contributed by atoms with Crippen LogP contribution in [0.2, 0.25) is 15.1 Å². The number of furan rings is 1. The van der Waals surface area contributed by atoms with Gasteiger partial charge in [0.1, 0.15) is 11.5 Å². The van der Waals surface area contributed by atoms with Crippen LogP contribution in [0.1, 0.15) is 16.1 Å². The van der Waals surface area contributed by atoms with Crippen molar-refractivity contribution in [2.75, 3.05) is 0 Å². The summed E-state index contributed by atoms with van der Waals surface area (Å²) in [6.07, 6.45) is -0.948. The van der Waals surface area contributed by atoms with Gasteiger partial charge in [-0.15, -0.1) is 0 Å². The lowest BCUT2D eigenvalue weighted by Gasteiger charge is -2.07. The SMILES string of the molecule is O=C(NC(=O)c1c(Cl)cccc1Cl)OCc1ccc(-c2cccc(Cl)c2)o1. The summed E-state index contributed by atoms with van der Waals surface area (Å²) in [6, 6.07) is 15.1. The Morgan fingerprint density at radius 1 is 0.963 bits per heavy atom. The molecule has 0 saturated carbocycles. The zero-order valence-corrected chi connectivity index (χ0v) is 15.9. The van der Waals surface area contributed by atoms with E-state index in [9.17, 15) is 9.59 Å². The fraction of sp³-hybridized carbons (Fsp3) is 0.0526. The van der Waals surface area contributed by atoms with Crippen molar-refractivity contribution in [3.05, 3.63) is 81.0 Å². The van der Waals surface area contributed by atoms with Crippen LogP contribution in [0.25, 0.3) is 11.3 Å². The van der Waals surface area contributed by atoms with Crippen LogP contribution in [-0.4, -0.2) is 12.0 Å². The van der Waals surface area contributed by atoms with E-state index in [1.807, 2.05) is 6.07 Å². The number of amides is 2. The summed E-state index contributed by atoms with van der Waals surface area (Å²) in [4.78, 5) is 24.0. The lowest BCUT2D eigenvalue weighted by molar-refractivity contribution is 0.0903. The molecule has 0 atom stereocenters. The highest BCUT2D eigenvalue weighted by atomic mass is 35.5. The van der Waals surface area contributed by atoms with Gasteiger partial charge in [0.05, 0.1) is 15.6 Å². The molecule has 27 heavy (non-hydrogen) atoms. The topological polar surface area (TPSA) is 68.5 Å². The summed E-state index contributed by atoms with van der Waals surface area (Å²) in [5, 5.41) is 2.91. The molecule has 5 nitrogen and oxygen atoms in total. The molecule has 138 valence electrons. The molecule has 3 aromatic rings. The molecule has 0 aliphatic rings. The van der Waals surface area contributed by atoms with Gasteiger partial charge in [-0.1, -0.05) is 53.0 Å². The number of alkyl carbamates (subject to hydrolysis) is 1. The van der Waals surface area contributed by atoms with Crippen LogP contribution in [0.5, 0.6) is 0 Å². The van der Waals surface area contributed by atoms with Crippen molar-refractivity contribution in [3.8, 4) is 11.3 Å². The maximum Gasteiger partial charge on any atom is 0.414 e. The number of hydrogen-bond acceptors (Lipinski definition) is 4. The van der Waals surface area contributed by atoms with Crippen molar-refractivity contribution in [1.82, 2.24) is 5.32 Å². The van der Waals surface area contributed by atoms with Crippen molar-refractivity contribution in [1.29, 1.82) is 0 Å². The van der Waals surface area contributed by atoms with E-state index >= 15 is 0 Å². The highest BCUT2D eigenvalue weighted by molar-refractivity contribution is 6.40. The lowest BCUT2D eigenvalue weighted by Crippen LogP contribution is -2.31. The molecule has 0 unspecified atom stereocenters. The molecule has 0 fully saturated rings. The first-order chi connectivity index (χ1) is 12.9. The van der Waals surface area contributed by atoms with Crippen molar-refractivity contribution in [2.45, 2.75) is 6.61 Å². The van der Waals surface area contributed by atoms with Crippen LogP contribution in [0, 0.1) is 0 Å². The average molecular weight is 425 g/mol. The molecule has 0 aliphatic heterocycles. The fourth-order valence-corrected chi connectivity index (χ4v) is 3.05. The zero-order valence-electron chi connectivity index (χ0n) is 13.7. The smallest absolute Gasteiger partial charge is 0.414 e. The molecule has 8 heteroatoms. The third kappa shape index (κ3) is 4.83. The van der Waals surface area contributed by atoms with Gasteiger partial charge in [-0.2, -0.15) is 0 Å². The quantitative estimate of drug-likeness (QED) is 0.560. The van der Waals surface area contributed by atoms with Crippen LogP contribution in [0.4, 0.5) is 4.79 Å². The van der Waals surface area contributed by atoms with Crippen molar-refractivity contribution in [2.24, 2.45) is 0 Å². The minimum atomic E-state index is -0.948. The molecule has 0 spiro atoms. The first kappa shape index (κ1) is 19.3. The third-order valence-corrected chi connectivity index (χ3v) is 4.39. The van der Waals surface area contributed by atoms with E-state index < -0.39 is 12.0 Å². The molecule has 1 heterocycles. The molecular weight excluding hydrogens is 413 g/mol. The van der Waals surface area contributed by atoms with E-state index in [1.165, 1.54) is 12.1 Å². The molecule has 0 saturated heterocycles. The molecule has 0 aliphatic carbocycles. The Morgan fingerprint density at radius 2 is 1.67 bits per heavy atom. The number of halogens is 3. The second-order valence-electron chi connectivity index (χ2n) is 5.40. The summed E-state index contributed by atoms with van der Waals surface area (Å²) < 4.78 is 10.6. The summed E-state index contributed by atoms with van der Waals surface area (Å²) in [5.74, 6) is 0.230. The number of hydrogen-bond donors (Lipinski definition) is 1. The zero-order chi connectivity index (χ0) is 19.4. The Kier molecular flexibility index (Phi) is 6.06. The standard InChI is InChI=1S/C19H12Cl3NO4/c20-12-4-1-3-11(9-12)16-8-7-13(27-16)10-26-19(25)23-18(24)17-14(21)5-2-6-15(17)22/h1-9H,10H2,(H,23,24,25). The normalized spacial score (nSPS) is 10.5. The monoisotopic (exact) mass is 423 g/mol. The summed E-state index contributed by atoms with van der Waals surface area (Å²) >= 11 is 17.8. The van der Waals surface area contributed by atoms with Crippen molar-refractivity contribution < 1.29 is 18.7 Å². The molecule has 2 amide bonds. The van der Waals surface area contributed by atoms with E-state index in [1.54, 1.807) is 36.4 Å². The maximum atomic E-state index is 12.1. The van der Waals surface area contributed by atoms with Gasteiger partial charge in [0, 0.05) is 10.6 Å². The van der Waals surface area contributed by atoms with Crippen LogP contribution >= 0.6 is 34.8 Å². The lowest BCUT2D eigenvalue weighted by atomic mass is 10.2. The van der Waals surface area contributed by atoms with Gasteiger partial charge in [0.15, 0.2) is 6.61 Å². The number of ether oxygens (including phenoxy) is 1. The minimum absolute atomic E-state index is 0.000903. The molecule has 0 radical (unpaired) electrons. The summed E-state index contributed by atoms with van der Waals surface area (Å²) in [5.41, 5.74) is 0.792. The number of rotatable bonds is 4. The van der Waals surface area contributed by atoms with Crippen LogP contribution in [-0.2, 0) is 11.3 Å². The summed E-state index contributed by atoms with van der Waals surface area (Å²) in [6.45, 7) is -0.157. The number of imide groups is 1. The van der Waals surface area contributed by atoms with Gasteiger partial charge in [0.2, 0.25) is 0 Å². The number of benzene rings is 2. The predicted molar refractivity (Wildman–Crippen MR) is 103 cm³/mol. The van der Waals surface area contributed by atoms with Crippen LogP contribution < -0.4 is 5.32 Å². The van der Waals surface area contributed by atoms with Crippen molar-refractivity contribution in [3.63, 3.8) is 0 Å². The second-order valence-corrected chi connectivity index (χ2v) is 6.65. The van der Waals surface area contributed by atoms with E-state index in [0.29, 0.717) is 16.5 Å². The number of carbonyl (C=O) groups is 2. The Hall–Kier alpha value is -2.47. The van der Waals surface area contributed by atoms with E-state index in [0.717, 1.165) is 5.56 Å². The van der Waals surface area contributed by atoms with Crippen molar-refractivity contribution >= 4 is 46.8 Å². The Bertz CT molecular complexity index is 980. The Morgan fingerprint density at radius 3 is 2.37 bits per heavy atom. The summed E-state index contributed by atoms with van der Waals surface area (Å²) in [7, 11) is 0. The maximum absolute atomic E-state index is 12.1. The van der Waals surface area contributed by atoms with Gasteiger partial charge in [0.25, 0.3) is 5.91 Å².